The molecule has 1 atom stereocenters. The molecule has 90 valence electrons. The maximum atomic E-state index is 4.23. The Morgan fingerprint density at radius 2 is 1.94 bits per heavy atom. The lowest BCUT2D eigenvalue weighted by molar-refractivity contribution is 0.328. The van der Waals surface area contributed by atoms with Gasteiger partial charge in [-0.1, -0.05) is 19.3 Å². The van der Waals surface area contributed by atoms with Gasteiger partial charge >= 0.3 is 0 Å². The third-order valence-corrected chi connectivity index (χ3v) is 3.86. The van der Waals surface area contributed by atoms with Crippen LogP contribution >= 0.6 is 0 Å². The van der Waals surface area contributed by atoms with Gasteiger partial charge in [-0.3, -0.25) is 5.10 Å². The van der Waals surface area contributed by atoms with Crippen molar-refractivity contribution in [1.82, 2.24) is 10.2 Å². The minimum Gasteiger partial charge on any atom is -0.379 e. The number of hydrogen-bond donors (Lipinski definition) is 2. The third kappa shape index (κ3) is 2.39. The number of nitrogens with zero attached hydrogens (tertiary/aromatic N) is 1. The van der Waals surface area contributed by atoms with Crippen molar-refractivity contribution >= 4 is 5.69 Å². The molecule has 1 unspecified atom stereocenters. The molecule has 0 radical (unpaired) electrons. The van der Waals surface area contributed by atoms with Crippen LogP contribution in [0.25, 0.3) is 0 Å². The monoisotopic (exact) mass is 221 g/mol. The second-order valence-corrected chi connectivity index (χ2v) is 5.14. The van der Waals surface area contributed by atoms with E-state index in [-0.39, 0.29) is 0 Å². The number of H-pyrrole nitrogens is 1. The number of rotatable bonds is 3. The second kappa shape index (κ2) is 4.89. The van der Waals surface area contributed by atoms with Crippen molar-refractivity contribution in [2.45, 2.75) is 58.9 Å². The van der Waals surface area contributed by atoms with Gasteiger partial charge in [-0.05, 0) is 39.5 Å². The average molecular weight is 221 g/mol. The third-order valence-electron chi connectivity index (χ3n) is 3.86. The highest BCUT2D eigenvalue weighted by atomic mass is 15.2. The van der Waals surface area contributed by atoms with Crippen LogP contribution in [-0.2, 0) is 0 Å². The summed E-state index contributed by atoms with van der Waals surface area (Å²) in [5.74, 6) is 0.836. The number of aryl methyl sites for hydroxylation is 2. The lowest BCUT2D eigenvalue weighted by Gasteiger charge is -2.29. The fourth-order valence-electron chi connectivity index (χ4n) is 2.74. The molecule has 1 aromatic rings. The van der Waals surface area contributed by atoms with Crippen LogP contribution in [0.15, 0.2) is 0 Å². The van der Waals surface area contributed by atoms with Crippen molar-refractivity contribution < 1.29 is 0 Å². The van der Waals surface area contributed by atoms with E-state index in [0.717, 1.165) is 17.3 Å². The van der Waals surface area contributed by atoms with Crippen molar-refractivity contribution in [2.24, 2.45) is 5.92 Å². The van der Waals surface area contributed by atoms with Gasteiger partial charge in [-0.25, -0.2) is 0 Å². The summed E-state index contributed by atoms with van der Waals surface area (Å²) in [6, 6.07) is 0.565. The molecule has 0 saturated heterocycles. The van der Waals surface area contributed by atoms with Gasteiger partial charge in [-0.2, -0.15) is 5.10 Å². The molecule has 0 aromatic carbocycles. The zero-order valence-corrected chi connectivity index (χ0v) is 10.6. The van der Waals surface area contributed by atoms with E-state index in [1.54, 1.807) is 0 Å². The standard InChI is InChI=1S/C13H23N3/c1-9(12-7-5-4-6-8-12)14-13-10(2)15-16-11(13)3/h9,12,14H,4-8H2,1-3H3,(H,15,16). The van der Waals surface area contributed by atoms with Crippen LogP contribution in [0.4, 0.5) is 5.69 Å². The van der Waals surface area contributed by atoms with Crippen molar-refractivity contribution in [2.75, 3.05) is 5.32 Å². The van der Waals surface area contributed by atoms with Crippen molar-refractivity contribution in [3.8, 4) is 0 Å². The molecule has 0 spiro atoms. The molecule has 0 aliphatic heterocycles. The molecular formula is C13H23N3. The zero-order chi connectivity index (χ0) is 11.5. The predicted molar refractivity (Wildman–Crippen MR) is 67.7 cm³/mol. The molecule has 1 saturated carbocycles. The number of nitrogens with one attached hydrogen (secondary N) is 2. The molecule has 1 aliphatic carbocycles. The van der Waals surface area contributed by atoms with E-state index in [2.05, 4.69) is 36.3 Å². The van der Waals surface area contributed by atoms with Crippen LogP contribution in [0, 0.1) is 19.8 Å². The smallest absolute Gasteiger partial charge is 0.0825 e. The highest BCUT2D eigenvalue weighted by molar-refractivity contribution is 5.52. The summed E-state index contributed by atoms with van der Waals surface area (Å²) in [6.45, 7) is 6.44. The van der Waals surface area contributed by atoms with E-state index in [1.807, 2.05) is 0 Å². The summed E-state index contributed by atoms with van der Waals surface area (Å²) in [5.41, 5.74) is 3.44. The molecule has 0 amide bonds. The lowest BCUT2D eigenvalue weighted by Crippen LogP contribution is -2.28. The zero-order valence-electron chi connectivity index (χ0n) is 10.6. The fraction of sp³-hybridized carbons (Fsp3) is 0.769. The molecule has 16 heavy (non-hydrogen) atoms. The molecule has 1 fully saturated rings. The van der Waals surface area contributed by atoms with Crippen LogP contribution < -0.4 is 5.32 Å². The summed E-state index contributed by atoms with van der Waals surface area (Å²) in [4.78, 5) is 0. The Hall–Kier alpha value is -0.990. The average Bonchev–Trinajstić information content (AvgIpc) is 2.62. The largest absolute Gasteiger partial charge is 0.379 e. The van der Waals surface area contributed by atoms with E-state index >= 15 is 0 Å². The molecule has 3 heteroatoms. The van der Waals surface area contributed by atoms with Crippen LogP contribution in [0.5, 0.6) is 0 Å². The first-order valence-corrected chi connectivity index (χ1v) is 6.46. The maximum absolute atomic E-state index is 4.23. The van der Waals surface area contributed by atoms with Gasteiger partial charge in [0.2, 0.25) is 0 Å². The Labute approximate surface area is 98.0 Å². The van der Waals surface area contributed by atoms with Crippen LogP contribution in [-0.4, -0.2) is 16.2 Å². The Morgan fingerprint density at radius 1 is 1.25 bits per heavy atom. The topological polar surface area (TPSA) is 40.7 Å². The molecule has 2 rings (SSSR count). The van der Waals surface area contributed by atoms with Gasteiger partial charge in [-0.15, -0.1) is 0 Å². The summed E-state index contributed by atoms with van der Waals surface area (Å²) >= 11 is 0. The van der Waals surface area contributed by atoms with Gasteiger partial charge in [0.1, 0.15) is 0 Å². The van der Waals surface area contributed by atoms with Crippen molar-refractivity contribution in [1.29, 1.82) is 0 Å². The van der Waals surface area contributed by atoms with Gasteiger partial charge in [0.25, 0.3) is 0 Å². The number of aromatic amines is 1. The summed E-state index contributed by atoms with van der Waals surface area (Å²) in [6.07, 6.45) is 6.99. The summed E-state index contributed by atoms with van der Waals surface area (Å²) in [5, 5.41) is 10.9. The summed E-state index contributed by atoms with van der Waals surface area (Å²) < 4.78 is 0. The Morgan fingerprint density at radius 3 is 2.50 bits per heavy atom. The van der Waals surface area contributed by atoms with Crippen LogP contribution in [0.1, 0.15) is 50.4 Å². The first kappa shape index (κ1) is 11.5. The second-order valence-electron chi connectivity index (χ2n) is 5.14. The molecule has 3 nitrogen and oxygen atoms in total. The Balaban J connectivity index is 1.98. The number of aromatic nitrogens is 2. The predicted octanol–water partition coefficient (Wildman–Crippen LogP) is 3.41. The first-order valence-electron chi connectivity index (χ1n) is 6.46. The van der Waals surface area contributed by atoms with Gasteiger partial charge in [0.05, 0.1) is 17.1 Å². The Bertz CT molecular complexity index is 317. The normalized spacial score (nSPS) is 19.7. The van der Waals surface area contributed by atoms with Gasteiger partial charge < -0.3 is 5.32 Å². The first-order chi connectivity index (χ1) is 7.68. The number of hydrogen-bond acceptors (Lipinski definition) is 2. The van der Waals surface area contributed by atoms with E-state index in [1.165, 1.54) is 37.8 Å². The fourth-order valence-corrected chi connectivity index (χ4v) is 2.74. The molecule has 1 aliphatic rings. The summed E-state index contributed by atoms with van der Waals surface area (Å²) in [7, 11) is 0. The SMILES string of the molecule is Cc1n[nH]c(C)c1NC(C)C1CCCCC1. The molecule has 1 aromatic heterocycles. The molecule has 1 heterocycles. The van der Waals surface area contributed by atoms with Crippen molar-refractivity contribution in [3.05, 3.63) is 11.4 Å². The quantitative estimate of drug-likeness (QED) is 0.821. The Kier molecular flexibility index (Phi) is 3.52. The molecule has 2 N–H and O–H groups in total. The van der Waals surface area contributed by atoms with Gasteiger partial charge in [0, 0.05) is 6.04 Å². The minimum absolute atomic E-state index is 0.565. The number of anilines is 1. The van der Waals surface area contributed by atoms with E-state index < -0.39 is 0 Å². The minimum atomic E-state index is 0.565. The van der Waals surface area contributed by atoms with Gasteiger partial charge in [0.15, 0.2) is 0 Å². The highest BCUT2D eigenvalue weighted by Gasteiger charge is 2.21. The highest BCUT2D eigenvalue weighted by Crippen LogP contribution is 2.29. The molecular weight excluding hydrogens is 198 g/mol. The van der Waals surface area contributed by atoms with E-state index in [9.17, 15) is 0 Å². The van der Waals surface area contributed by atoms with E-state index in [0.29, 0.717) is 6.04 Å². The van der Waals surface area contributed by atoms with Crippen LogP contribution in [0.2, 0.25) is 0 Å². The lowest BCUT2D eigenvalue weighted by atomic mass is 9.84. The maximum Gasteiger partial charge on any atom is 0.0825 e. The molecule has 0 bridgehead atoms. The van der Waals surface area contributed by atoms with Crippen LogP contribution in [0.3, 0.4) is 0 Å². The van der Waals surface area contributed by atoms with Crippen molar-refractivity contribution in [3.63, 3.8) is 0 Å². The van der Waals surface area contributed by atoms with E-state index in [4.69, 9.17) is 0 Å².